The minimum atomic E-state index is -2.93. The summed E-state index contributed by atoms with van der Waals surface area (Å²) in [5.41, 5.74) is -1.58. The van der Waals surface area contributed by atoms with Crippen LogP contribution in [-0.4, -0.2) is 45.1 Å². The van der Waals surface area contributed by atoms with Crippen molar-refractivity contribution in [3.63, 3.8) is 0 Å². The SMILES string of the molecule is COC(=O)CC(C)(OP(C)(C)=O)C(=O)OC. The van der Waals surface area contributed by atoms with Crippen LogP contribution < -0.4 is 0 Å². The monoisotopic (exact) mass is 252 g/mol. The average Bonchev–Trinajstić information content (AvgIpc) is 2.13. The third-order valence-corrected chi connectivity index (χ3v) is 2.59. The highest BCUT2D eigenvalue weighted by atomic mass is 31.2. The van der Waals surface area contributed by atoms with Crippen molar-refractivity contribution in [1.82, 2.24) is 0 Å². The highest BCUT2D eigenvalue weighted by molar-refractivity contribution is 7.57. The summed E-state index contributed by atoms with van der Waals surface area (Å²) < 4.78 is 25.6. The Hall–Kier alpha value is -0.870. The summed E-state index contributed by atoms with van der Waals surface area (Å²) in [5, 5.41) is 0. The molecule has 1 atom stereocenters. The van der Waals surface area contributed by atoms with Gasteiger partial charge >= 0.3 is 11.9 Å². The Morgan fingerprint density at radius 2 is 1.69 bits per heavy atom. The number of carbonyl (C=O) groups excluding carboxylic acids is 2. The number of methoxy groups -OCH3 is 2. The van der Waals surface area contributed by atoms with Gasteiger partial charge < -0.3 is 14.0 Å². The van der Waals surface area contributed by atoms with Crippen LogP contribution in [0.5, 0.6) is 0 Å². The van der Waals surface area contributed by atoms with Crippen molar-refractivity contribution in [1.29, 1.82) is 0 Å². The van der Waals surface area contributed by atoms with Gasteiger partial charge in [-0.05, 0) is 6.92 Å². The molecule has 0 aromatic rings. The van der Waals surface area contributed by atoms with Gasteiger partial charge in [-0.3, -0.25) is 9.36 Å². The number of hydrogen-bond acceptors (Lipinski definition) is 6. The Bertz CT molecular complexity index is 320. The maximum absolute atomic E-state index is 11.5. The van der Waals surface area contributed by atoms with Gasteiger partial charge in [0.15, 0.2) is 13.0 Å². The minimum Gasteiger partial charge on any atom is -0.469 e. The second-order valence-corrected chi connectivity index (χ2v) is 6.51. The largest absolute Gasteiger partial charge is 0.469 e. The molecule has 0 heterocycles. The lowest BCUT2D eigenvalue weighted by molar-refractivity contribution is -0.164. The van der Waals surface area contributed by atoms with Crippen LogP contribution in [0.1, 0.15) is 13.3 Å². The van der Waals surface area contributed by atoms with Crippen LogP contribution in [0.15, 0.2) is 0 Å². The van der Waals surface area contributed by atoms with Crippen LogP contribution in [-0.2, 0) is 28.2 Å². The van der Waals surface area contributed by atoms with Gasteiger partial charge in [-0.25, -0.2) is 4.79 Å². The van der Waals surface area contributed by atoms with Crippen molar-refractivity contribution in [2.24, 2.45) is 0 Å². The third kappa shape index (κ3) is 4.77. The molecular formula is C9H17O6P. The van der Waals surface area contributed by atoms with Crippen LogP contribution in [0.25, 0.3) is 0 Å². The van der Waals surface area contributed by atoms with E-state index in [2.05, 4.69) is 9.47 Å². The molecule has 7 heteroatoms. The van der Waals surface area contributed by atoms with Crippen LogP contribution in [0.3, 0.4) is 0 Å². The maximum atomic E-state index is 11.5. The average molecular weight is 252 g/mol. The lowest BCUT2D eigenvalue weighted by atomic mass is 10.0. The molecule has 0 aliphatic rings. The van der Waals surface area contributed by atoms with Gasteiger partial charge in [-0.15, -0.1) is 0 Å². The lowest BCUT2D eigenvalue weighted by Crippen LogP contribution is -2.41. The molecule has 0 spiro atoms. The van der Waals surface area contributed by atoms with Gasteiger partial charge in [0.1, 0.15) is 0 Å². The molecule has 0 saturated carbocycles. The van der Waals surface area contributed by atoms with Crippen molar-refractivity contribution in [3.8, 4) is 0 Å². The first-order valence-corrected chi connectivity index (χ1v) is 7.07. The summed E-state index contributed by atoms with van der Waals surface area (Å²) in [4.78, 5) is 22.6. The fourth-order valence-corrected chi connectivity index (χ4v) is 2.30. The highest BCUT2D eigenvalue weighted by Crippen LogP contribution is 2.44. The molecule has 0 aliphatic heterocycles. The Morgan fingerprint density at radius 3 is 2.00 bits per heavy atom. The number of hydrogen-bond donors (Lipinski definition) is 0. The minimum absolute atomic E-state index is 0.345. The second-order valence-electron chi connectivity index (χ2n) is 3.82. The van der Waals surface area contributed by atoms with Crippen LogP contribution in [0.2, 0.25) is 0 Å². The summed E-state index contributed by atoms with van der Waals surface area (Å²) in [7, 11) is -0.573. The quantitative estimate of drug-likeness (QED) is 0.537. The Balaban J connectivity index is 4.96. The Kier molecular flexibility index (Phi) is 5.16. The predicted molar refractivity (Wildman–Crippen MR) is 57.6 cm³/mol. The van der Waals surface area contributed by atoms with Crippen molar-refractivity contribution in [2.45, 2.75) is 18.9 Å². The molecule has 0 aromatic carbocycles. The number of ether oxygens (including phenoxy) is 2. The van der Waals surface area contributed by atoms with Gasteiger partial charge in [-0.2, -0.15) is 0 Å². The molecule has 0 amide bonds. The fourth-order valence-electron chi connectivity index (χ4n) is 1.19. The molecule has 0 aliphatic carbocycles. The molecule has 16 heavy (non-hydrogen) atoms. The topological polar surface area (TPSA) is 78.9 Å². The molecule has 0 bridgehead atoms. The molecular weight excluding hydrogens is 235 g/mol. The fraction of sp³-hybridized carbons (Fsp3) is 0.778. The van der Waals surface area contributed by atoms with Gasteiger partial charge in [0.05, 0.1) is 20.6 Å². The van der Waals surface area contributed by atoms with E-state index in [1.165, 1.54) is 27.4 Å². The first-order valence-electron chi connectivity index (χ1n) is 4.55. The van der Waals surface area contributed by atoms with E-state index >= 15 is 0 Å². The number of carbonyl (C=O) groups is 2. The van der Waals surface area contributed by atoms with Crippen molar-refractivity contribution in [2.75, 3.05) is 27.5 Å². The molecule has 0 aromatic heterocycles. The third-order valence-electron chi connectivity index (χ3n) is 1.75. The van der Waals surface area contributed by atoms with E-state index in [0.29, 0.717) is 0 Å². The van der Waals surface area contributed by atoms with E-state index in [0.717, 1.165) is 7.11 Å². The smallest absolute Gasteiger partial charge is 0.338 e. The summed E-state index contributed by atoms with van der Waals surface area (Å²) in [6.07, 6.45) is -0.345. The number of esters is 2. The molecule has 0 saturated heterocycles. The highest BCUT2D eigenvalue weighted by Gasteiger charge is 2.41. The van der Waals surface area contributed by atoms with Crippen LogP contribution in [0, 0.1) is 0 Å². The zero-order valence-electron chi connectivity index (χ0n) is 10.1. The molecule has 94 valence electrons. The van der Waals surface area contributed by atoms with E-state index in [4.69, 9.17) is 4.52 Å². The van der Waals surface area contributed by atoms with Gasteiger partial charge in [0.2, 0.25) is 0 Å². The van der Waals surface area contributed by atoms with Gasteiger partial charge in [0, 0.05) is 13.3 Å². The second kappa shape index (κ2) is 5.46. The first-order chi connectivity index (χ1) is 7.14. The Morgan fingerprint density at radius 1 is 1.19 bits per heavy atom. The normalized spacial score (nSPS) is 15.1. The summed E-state index contributed by atoms with van der Waals surface area (Å²) in [5.74, 6) is -1.40. The zero-order chi connectivity index (χ0) is 13.0. The van der Waals surface area contributed by atoms with E-state index < -0.39 is 24.9 Å². The maximum Gasteiger partial charge on any atom is 0.338 e. The van der Waals surface area contributed by atoms with Gasteiger partial charge in [0.25, 0.3) is 0 Å². The molecule has 0 rings (SSSR count). The molecule has 0 fully saturated rings. The predicted octanol–water partition coefficient (Wildman–Crippen LogP) is 1.04. The van der Waals surface area contributed by atoms with E-state index in [9.17, 15) is 14.2 Å². The van der Waals surface area contributed by atoms with Crippen molar-refractivity contribution in [3.05, 3.63) is 0 Å². The van der Waals surface area contributed by atoms with Crippen LogP contribution in [0.4, 0.5) is 0 Å². The van der Waals surface area contributed by atoms with Gasteiger partial charge in [-0.1, -0.05) is 0 Å². The van der Waals surface area contributed by atoms with Crippen molar-refractivity contribution >= 4 is 19.3 Å². The van der Waals surface area contributed by atoms with Crippen molar-refractivity contribution < 1.29 is 28.2 Å². The molecule has 0 radical (unpaired) electrons. The lowest BCUT2D eigenvalue weighted by Gasteiger charge is -2.27. The Labute approximate surface area is 94.7 Å². The molecule has 6 nitrogen and oxygen atoms in total. The summed E-state index contributed by atoms with van der Waals surface area (Å²) >= 11 is 0. The first kappa shape index (κ1) is 15.1. The van der Waals surface area contributed by atoms with E-state index in [1.54, 1.807) is 0 Å². The molecule has 1 unspecified atom stereocenters. The number of rotatable bonds is 5. The van der Waals surface area contributed by atoms with Crippen LogP contribution >= 0.6 is 7.37 Å². The zero-order valence-corrected chi connectivity index (χ0v) is 11.0. The standard InChI is InChI=1S/C9H17O6P/c1-9(8(11)14-3,6-7(10)13-2)15-16(4,5)12/h6H2,1-5H3. The summed E-state index contributed by atoms with van der Waals surface area (Å²) in [6.45, 7) is 4.05. The van der Waals surface area contributed by atoms with E-state index in [1.807, 2.05) is 0 Å². The molecule has 0 N–H and O–H groups in total. The van der Waals surface area contributed by atoms with E-state index in [-0.39, 0.29) is 6.42 Å². The summed E-state index contributed by atoms with van der Waals surface area (Å²) in [6, 6.07) is 0.